The SMILES string of the molecule is CC(C)N1CCc2cc(-c3nn[nH]c3C(=O)O)ccc2C1.O=C(O)C(F)(F)F. The standard InChI is InChI=1S/C15H18N4O2.C2HF3O2/c1-9(2)19-6-5-10-7-11(3-4-12(10)8-19)13-14(15(20)21)17-18-16-13;3-2(4,5)1(6)7/h3-4,7,9H,5-6,8H2,1-2H3,(H,20,21)(H,16,17,18);(H,6,7). The van der Waals surface area contributed by atoms with Crippen molar-refractivity contribution in [2.75, 3.05) is 6.54 Å². The van der Waals surface area contributed by atoms with Gasteiger partial charge in [-0.05, 0) is 37.5 Å². The molecule has 0 saturated carbocycles. The number of fused-ring (bicyclic) bond motifs is 1. The van der Waals surface area contributed by atoms with Crippen molar-refractivity contribution in [3.8, 4) is 11.3 Å². The molecule has 1 aliphatic rings. The zero-order chi connectivity index (χ0) is 21.1. The molecule has 152 valence electrons. The highest BCUT2D eigenvalue weighted by molar-refractivity contribution is 5.92. The van der Waals surface area contributed by atoms with Gasteiger partial charge in [0.2, 0.25) is 0 Å². The van der Waals surface area contributed by atoms with Crippen LogP contribution in [0.1, 0.15) is 35.5 Å². The number of carbonyl (C=O) groups is 2. The molecule has 0 aliphatic carbocycles. The fraction of sp³-hybridized carbons (Fsp3) is 0.412. The summed E-state index contributed by atoms with van der Waals surface area (Å²) >= 11 is 0. The van der Waals surface area contributed by atoms with E-state index in [0.717, 1.165) is 25.1 Å². The highest BCUT2D eigenvalue weighted by Crippen LogP contribution is 2.27. The van der Waals surface area contributed by atoms with Crippen LogP contribution in [0.3, 0.4) is 0 Å². The van der Waals surface area contributed by atoms with E-state index >= 15 is 0 Å². The number of carboxylic acid groups (broad SMARTS) is 2. The predicted octanol–water partition coefficient (Wildman–Crippen LogP) is 2.57. The van der Waals surface area contributed by atoms with Crippen molar-refractivity contribution in [3.63, 3.8) is 0 Å². The van der Waals surface area contributed by atoms with E-state index < -0.39 is 18.1 Å². The maximum absolute atomic E-state index is 11.1. The molecular formula is C17H19F3N4O4. The van der Waals surface area contributed by atoms with Crippen molar-refractivity contribution in [1.82, 2.24) is 20.3 Å². The molecule has 11 heteroatoms. The molecule has 0 spiro atoms. The van der Waals surface area contributed by atoms with Gasteiger partial charge in [-0.2, -0.15) is 13.2 Å². The number of aromatic carboxylic acids is 1. The summed E-state index contributed by atoms with van der Waals surface area (Å²) in [7, 11) is 0. The first-order valence-electron chi connectivity index (χ1n) is 8.31. The zero-order valence-electron chi connectivity index (χ0n) is 15.1. The van der Waals surface area contributed by atoms with Crippen LogP contribution in [0.5, 0.6) is 0 Å². The summed E-state index contributed by atoms with van der Waals surface area (Å²) in [5, 5.41) is 26.2. The minimum Gasteiger partial charge on any atom is -0.476 e. The first-order chi connectivity index (χ1) is 13.0. The van der Waals surface area contributed by atoms with E-state index in [2.05, 4.69) is 40.2 Å². The second kappa shape index (κ2) is 8.38. The van der Waals surface area contributed by atoms with Gasteiger partial charge in [-0.3, -0.25) is 10.00 Å². The third-order valence-corrected chi connectivity index (χ3v) is 4.26. The molecule has 0 amide bonds. The van der Waals surface area contributed by atoms with Gasteiger partial charge in [0.25, 0.3) is 0 Å². The first-order valence-corrected chi connectivity index (χ1v) is 8.31. The van der Waals surface area contributed by atoms with Gasteiger partial charge in [0.15, 0.2) is 5.69 Å². The lowest BCUT2D eigenvalue weighted by atomic mass is 9.95. The lowest BCUT2D eigenvalue weighted by molar-refractivity contribution is -0.192. The van der Waals surface area contributed by atoms with Gasteiger partial charge in [-0.15, -0.1) is 5.10 Å². The summed E-state index contributed by atoms with van der Waals surface area (Å²) in [6.45, 7) is 6.37. The van der Waals surface area contributed by atoms with Crippen LogP contribution in [0.4, 0.5) is 13.2 Å². The Kier molecular flexibility index (Phi) is 6.39. The minimum atomic E-state index is -5.08. The number of halogens is 3. The van der Waals surface area contributed by atoms with E-state index in [9.17, 15) is 18.0 Å². The molecule has 0 bridgehead atoms. The van der Waals surface area contributed by atoms with Crippen molar-refractivity contribution in [1.29, 1.82) is 0 Å². The predicted molar refractivity (Wildman–Crippen MR) is 91.7 cm³/mol. The number of H-pyrrole nitrogens is 1. The summed E-state index contributed by atoms with van der Waals surface area (Å²) in [6, 6.07) is 6.57. The third kappa shape index (κ3) is 5.06. The molecule has 3 rings (SSSR count). The quantitative estimate of drug-likeness (QED) is 0.724. The van der Waals surface area contributed by atoms with Crippen LogP contribution < -0.4 is 0 Å². The van der Waals surface area contributed by atoms with Crippen LogP contribution >= 0.6 is 0 Å². The van der Waals surface area contributed by atoms with E-state index in [4.69, 9.17) is 15.0 Å². The maximum atomic E-state index is 11.1. The Labute approximate surface area is 158 Å². The molecule has 2 heterocycles. The fourth-order valence-corrected chi connectivity index (χ4v) is 2.74. The highest BCUT2D eigenvalue weighted by atomic mass is 19.4. The summed E-state index contributed by atoms with van der Waals surface area (Å²) in [5.74, 6) is -3.80. The van der Waals surface area contributed by atoms with Gasteiger partial charge < -0.3 is 10.2 Å². The normalized spacial score (nSPS) is 14.2. The van der Waals surface area contributed by atoms with Crippen LogP contribution in [0.25, 0.3) is 11.3 Å². The molecule has 1 aromatic carbocycles. The van der Waals surface area contributed by atoms with Gasteiger partial charge in [-0.25, -0.2) is 9.59 Å². The molecule has 1 aliphatic heterocycles. The first kappa shape index (κ1) is 21.4. The van der Waals surface area contributed by atoms with Crippen LogP contribution in [-0.4, -0.2) is 61.2 Å². The van der Waals surface area contributed by atoms with Crippen LogP contribution in [0.2, 0.25) is 0 Å². The van der Waals surface area contributed by atoms with Gasteiger partial charge in [-0.1, -0.05) is 17.3 Å². The third-order valence-electron chi connectivity index (χ3n) is 4.26. The van der Waals surface area contributed by atoms with E-state index in [0.29, 0.717) is 11.7 Å². The number of nitrogens with one attached hydrogen (secondary N) is 1. The van der Waals surface area contributed by atoms with Crippen LogP contribution in [-0.2, 0) is 17.8 Å². The summed E-state index contributed by atoms with van der Waals surface area (Å²) in [5.41, 5.74) is 3.81. The average Bonchev–Trinajstić information content (AvgIpc) is 3.10. The lowest BCUT2D eigenvalue weighted by Gasteiger charge is -2.32. The van der Waals surface area contributed by atoms with E-state index in [1.807, 2.05) is 12.1 Å². The van der Waals surface area contributed by atoms with Crippen molar-refractivity contribution >= 4 is 11.9 Å². The van der Waals surface area contributed by atoms with Crippen molar-refractivity contribution in [2.45, 2.75) is 39.0 Å². The van der Waals surface area contributed by atoms with Crippen molar-refractivity contribution < 1.29 is 33.0 Å². The molecule has 8 nitrogen and oxygen atoms in total. The Hall–Kier alpha value is -2.95. The molecule has 0 radical (unpaired) electrons. The molecule has 1 aromatic heterocycles. The summed E-state index contributed by atoms with van der Waals surface area (Å²) < 4.78 is 31.7. The number of carboxylic acids is 2. The maximum Gasteiger partial charge on any atom is 0.490 e. The molecule has 0 unspecified atom stereocenters. The van der Waals surface area contributed by atoms with Crippen LogP contribution in [0.15, 0.2) is 18.2 Å². The Morgan fingerprint density at radius 3 is 2.39 bits per heavy atom. The summed E-state index contributed by atoms with van der Waals surface area (Å²) in [6.07, 6.45) is -4.11. The highest BCUT2D eigenvalue weighted by Gasteiger charge is 2.38. The van der Waals surface area contributed by atoms with Gasteiger partial charge in [0.1, 0.15) is 5.69 Å². The molecule has 0 atom stereocenters. The number of hydrogen-bond donors (Lipinski definition) is 3. The molecular weight excluding hydrogens is 381 g/mol. The molecule has 3 N–H and O–H groups in total. The van der Waals surface area contributed by atoms with E-state index in [1.165, 1.54) is 11.1 Å². The van der Waals surface area contributed by atoms with E-state index in [1.54, 1.807) is 0 Å². The molecule has 0 fully saturated rings. The summed E-state index contributed by atoms with van der Waals surface area (Å²) in [4.78, 5) is 22.5. The second-order valence-corrected chi connectivity index (χ2v) is 6.44. The number of aromatic nitrogens is 3. The number of hydrogen-bond acceptors (Lipinski definition) is 5. The fourth-order valence-electron chi connectivity index (χ4n) is 2.74. The average molecular weight is 400 g/mol. The van der Waals surface area contributed by atoms with Crippen molar-refractivity contribution in [2.24, 2.45) is 0 Å². The molecule has 2 aromatic rings. The Balaban J connectivity index is 0.000000345. The second-order valence-electron chi connectivity index (χ2n) is 6.44. The largest absolute Gasteiger partial charge is 0.490 e. The Morgan fingerprint density at radius 1 is 1.21 bits per heavy atom. The monoisotopic (exact) mass is 400 g/mol. The zero-order valence-corrected chi connectivity index (χ0v) is 15.1. The number of aromatic amines is 1. The number of aliphatic carboxylic acids is 1. The number of rotatable bonds is 3. The number of nitrogens with zero attached hydrogens (tertiary/aromatic N) is 3. The van der Waals surface area contributed by atoms with Crippen molar-refractivity contribution in [3.05, 3.63) is 35.0 Å². The Morgan fingerprint density at radius 2 is 1.86 bits per heavy atom. The minimum absolute atomic E-state index is 0.0366. The number of benzene rings is 1. The van der Waals surface area contributed by atoms with Gasteiger partial charge in [0, 0.05) is 24.7 Å². The van der Waals surface area contributed by atoms with Gasteiger partial charge >= 0.3 is 18.1 Å². The topological polar surface area (TPSA) is 119 Å². The molecule has 28 heavy (non-hydrogen) atoms. The van der Waals surface area contributed by atoms with E-state index in [-0.39, 0.29) is 5.69 Å². The number of alkyl halides is 3. The molecule has 0 saturated heterocycles. The Bertz CT molecular complexity index is 864. The van der Waals surface area contributed by atoms with Gasteiger partial charge in [0.05, 0.1) is 0 Å². The smallest absolute Gasteiger partial charge is 0.476 e. The lowest BCUT2D eigenvalue weighted by Crippen LogP contribution is -2.35. The van der Waals surface area contributed by atoms with Crippen LogP contribution in [0, 0.1) is 0 Å².